The van der Waals surface area contributed by atoms with Gasteiger partial charge in [0.05, 0.1) is 0 Å². The van der Waals surface area contributed by atoms with Crippen LogP contribution in [0.2, 0.25) is 0 Å². The van der Waals surface area contributed by atoms with E-state index in [4.69, 9.17) is 0 Å². The zero-order chi connectivity index (χ0) is 16.9. The number of hydrogen-bond acceptors (Lipinski definition) is 3. The van der Waals surface area contributed by atoms with Gasteiger partial charge < -0.3 is 15.1 Å². The van der Waals surface area contributed by atoms with Crippen molar-refractivity contribution in [3.05, 3.63) is 0 Å². The highest BCUT2D eigenvalue weighted by Crippen LogP contribution is 2.25. The number of hydrogen-bond donors (Lipinski definition) is 1. The van der Waals surface area contributed by atoms with Crippen LogP contribution in [0, 0.1) is 11.3 Å². The van der Waals surface area contributed by atoms with Crippen LogP contribution in [0.3, 0.4) is 0 Å². The van der Waals surface area contributed by atoms with Crippen LogP contribution in [-0.4, -0.2) is 61.5 Å². The van der Waals surface area contributed by atoms with Gasteiger partial charge in [-0.15, -0.1) is 0 Å². The first-order chi connectivity index (χ1) is 10.9. The van der Waals surface area contributed by atoms with Crippen LogP contribution >= 0.6 is 0 Å². The highest BCUT2D eigenvalue weighted by molar-refractivity contribution is 5.76. The zero-order valence-corrected chi connectivity index (χ0v) is 15.7. The highest BCUT2D eigenvalue weighted by atomic mass is 16.2. The number of amides is 1. The number of carbonyl (C=O) groups is 1. The molecule has 2 saturated heterocycles. The summed E-state index contributed by atoms with van der Waals surface area (Å²) in [4.78, 5) is 17.1. The predicted octanol–water partition coefficient (Wildman–Crippen LogP) is 2.74. The van der Waals surface area contributed by atoms with Gasteiger partial charge in [-0.05, 0) is 63.6 Å². The van der Waals surface area contributed by atoms with E-state index in [1.807, 2.05) is 7.05 Å². The van der Waals surface area contributed by atoms with Gasteiger partial charge in [-0.1, -0.05) is 20.8 Å². The number of piperidine rings is 2. The van der Waals surface area contributed by atoms with E-state index in [-0.39, 0.29) is 0 Å². The monoisotopic (exact) mass is 323 g/mol. The molecule has 0 saturated carbocycles. The summed E-state index contributed by atoms with van der Waals surface area (Å²) in [5.74, 6) is 1.14. The van der Waals surface area contributed by atoms with Crippen molar-refractivity contribution in [3.63, 3.8) is 0 Å². The summed E-state index contributed by atoms with van der Waals surface area (Å²) in [7, 11) is 2.02. The van der Waals surface area contributed by atoms with E-state index < -0.39 is 0 Å². The molecule has 0 aromatic rings. The fourth-order valence-electron chi connectivity index (χ4n) is 4.01. The normalized spacial score (nSPS) is 22.5. The molecule has 0 spiro atoms. The molecule has 0 radical (unpaired) electrons. The third-order valence-electron chi connectivity index (χ3n) is 5.43. The SMILES string of the molecule is CNC1CCN(C(=O)CCC2CCN(CC(C)(C)C)CC2)CC1. The molecule has 0 bridgehead atoms. The minimum absolute atomic E-state index is 0.386. The fourth-order valence-corrected chi connectivity index (χ4v) is 4.01. The van der Waals surface area contributed by atoms with E-state index in [0.717, 1.165) is 44.7 Å². The van der Waals surface area contributed by atoms with Gasteiger partial charge in [0, 0.05) is 32.1 Å². The quantitative estimate of drug-likeness (QED) is 0.845. The summed E-state index contributed by atoms with van der Waals surface area (Å²) >= 11 is 0. The van der Waals surface area contributed by atoms with Crippen LogP contribution in [0.4, 0.5) is 0 Å². The number of nitrogens with zero attached hydrogens (tertiary/aromatic N) is 2. The molecule has 0 aliphatic carbocycles. The number of carbonyl (C=O) groups excluding carboxylic acids is 1. The average Bonchev–Trinajstić information content (AvgIpc) is 2.52. The fraction of sp³-hybridized carbons (Fsp3) is 0.947. The van der Waals surface area contributed by atoms with Crippen LogP contribution < -0.4 is 5.32 Å². The molecule has 4 nitrogen and oxygen atoms in total. The minimum Gasteiger partial charge on any atom is -0.343 e. The smallest absolute Gasteiger partial charge is 0.222 e. The molecule has 4 heteroatoms. The van der Waals surface area contributed by atoms with Crippen molar-refractivity contribution in [1.29, 1.82) is 0 Å². The van der Waals surface area contributed by atoms with E-state index in [2.05, 4.69) is 35.9 Å². The highest BCUT2D eigenvalue weighted by Gasteiger charge is 2.25. The van der Waals surface area contributed by atoms with Crippen molar-refractivity contribution in [1.82, 2.24) is 15.1 Å². The maximum Gasteiger partial charge on any atom is 0.222 e. The van der Waals surface area contributed by atoms with Gasteiger partial charge in [-0.2, -0.15) is 0 Å². The lowest BCUT2D eigenvalue weighted by atomic mass is 9.89. The second-order valence-electron chi connectivity index (χ2n) is 8.76. The molecule has 0 unspecified atom stereocenters. The number of likely N-dealkylation sites (tertiary alicyclic amines) is 2. The van der Waals surface area contributed by atoms with Gasteiger partial charge >= 0.3 is 0 Å². The van der Waals surface area contributed by atoms with Crippen LogP contribution in [0.25, 0.3) is 0 Å². The van der Waals surface area contributed by atoms with Crippen molar-refractivity contribution >= 4 is 5.91 Å². The van der Waals surface area contributed by atoms with Crippen molar-refractivity contribution in [3.8, 4) is 0 Å². The molecule has 2 heterocycles. The minimum atomic E-state index is 0.386. The first kappa shape index (κ1) is 18.7. The Morgan fingerprint density at radius 1 is 1.04 bits per heavy atom. The van der Waals surface area contributed by atoms with Crippen LogP contribution in [0.15, 0.2) is 0 Å². The lowest BCUT2D eigenvalue weighted by Crippen LogP contribution is -2.44. The molecule has 2 rings (SSSR count). The largest absolute Gasteiger partial charge is 0.343 e. The van der Waals surface area contributed by atoms with Crippen molar-refractivity contribution in [2.45, 2.75) is 65.3 Å². The molecule has 134 valence electrons. The molecule has 0 aromatic carbocycles. The summed E-state index contributed by atoms with van der Waals surface area (Å²) in [6.45, 7) is 12.4. The zero-order valence-electron chi connectivity index (χ0n) is 15.7. The Balaban J connectivity index is 1.63. The van der Waals surface area contributed by atoms with Crippen LogP contribution in [0.5, 0.6) is 0 Å². The van der Waals surface area contributed by atoms with Gasteiger partial charge in [0.1, 0.15) is 0 Å². The van der Waals surface area contributed by atoms with Gasteiger partial charge in [-0.3, -0.25) is 4.79 Å². The molecule has 0 atom stereocenters. The van der Waals surface area contributed by atoms with Gasteiger partial charge in [0.2, 0.25) is 5.91 Å². The Bertz CT molecular complexity index is 361. The lowest BCUT2D eigenvalue weighted by molar-refractivity contribution is -0.132. The molecule has 2 aliphatic heterocycles. The third-order valence-corrected chi connectivity index (χ3v) is 5.43. The van der Waals surface area contributed by atoms with Gasteiger partial charge in [0.15, 0.2) is 0 Å². The average molecular weight is 324 g/mol. The first-order valence-electron chi connectivity index (χ1n) is 9.55. The number of rotatable bonds is 5. The molecular weight excluding hydrogens is 286 g/mol. The second-order valence-corrected chi connectivity index (χ2v) is 8.76. The number of nitrogens with one attached hydrogen (secondary N) is 1. The molecule has 2 aliphatic rings. The summed E-state index contributed by atoms with van der Waals surface area (Å²) in [6.07, 6.45) is 6.60. The van der Waals surface area contributed by atoms with Crippen LogP contribution in [0.1, 0.15) is 59.3 Å². The molecule has 1 amide bonds. The summed E-state index contributed by atoms with van der Waals surface area (Å²) in [6, 6.07) is 0.603. The van der Waals surface area contributed by atoms with Crippen molar-refractivity contribution in [2.75, 3.05) is 39.8 Å². The van der Waals surface area contributed by atoms with E-state index in [1.54, 1.807) is 0 Å². The summed E-state index contributed by atoms with van der Waals surface area (Å²) in [5, 5.41) is 3.32. The van der Waals surface area contributed by atoms with Crippen molar-refractivity contribution in [2.24, 2.45) is 11.3 Å². The maximum absolute atomic E-state index is 12.4. The Morgan fingerprint density at radius 3 is 2.17 bits per heavy atom. The topological polar surface area (TPSA) is 35.6 Å². The standard InChI is InChI=1S/C19H37N3O/c1-19(2,3)15-21-11-7-16(8-12-21)5-6-18(23)22-13-9-17(20-4)10-14-22/h16-17,20H,5-15H2,1-4H3. The van der Waals surface area contributed by atoms with Crippen molar-refractivity contribution < 1.29 is 4.79 Å². The second kappa shape index (κ2) is 8.48. The van der Waals surface area contributed by atoms with Gasteiger partial charge in [0.25, 0.3) is 0 Å². The summed E-state index contributed by atoms with van der Waals surface area (Å²) in [5.41, 5.74) is 0.391. The predicted molar refractivity (Wildman–Crippen MR) is 96.5 cm³/mol. The maximum atomic E-state index is 12.4. The van der Waals surface area contributed by atoms with E-state index in [0.29, 0.717) is 17.4 Å². The van der Waals surface area contributed by atoms with Crippen LogP contribution in [-0.2, 0) is 4.79 Å². The summed E-state index contributed by atoms with van der Waals surface area (Å²) < 4.78 is 0. The molecular formula is C19H37N3O. The van der Waals surface area contributed by atoms with E-state index in [1.165, 1.54) is 32.5 Å². The Hall–Kier alpha value is -0.610. The Labute approximate surface area is 143 Å². The molecule has 0 aromatic heterocycles. The Morgan fingerprint density at radius 2 is 1.65 bits per heavy atom. The van der Waals surface area contributed by atoms with E-state index in [9.17, 15) is 4.79 Å². The lowest BCUT2D eigenvalue weighted by Gasteiger charge is -2.36. The molecule has 1 N–H and O–H groups in total. The molecule has 2 fully saturated rings. The third kappa shape index (κ3) is 6.42. The van der Waals surface area contributed by atoms with E-state index >= 15 is 0 Å². The first-order valence-corrected chi connectivity index (χ1v) is 9.55. The Kier molecular flexibility index (Phi) is 6.90. The van der Waals surface area contributed by atoms with Gasteiger partial charge in [-0.25, -0.2) is 0 Å². The molecule has 23 heavy (non-hydrogen) atoms.